The second-order valence-corrected chi connectivity index (χ2v) is 6.24. The van der Waals surface area contributed by atoms with E-state index in [1.54, 1.807) is 0 Å². The van der Waals surface area contributed by atoms with Crippen LogP contribution in [-0.2, 0) is 0 Å². The lowest BCUT2D eigenvalue weighted by Crippen LogP contribution is -2.21. The van der Waals surface area contributed by atoms with Crippen LogP contribution in [0.3, 0.4) is 0 Å². The van der Waals surface area contributed by atoms with Crippen LogP contribution in [0.1, 0.15) is 26.3 Å². The summed E-state index contributed by atoms with van der Waals surface area (Å²) in [6.45, 7) is 7.41. The van der Waals surface area contributed by atoms with E-state index < -0.39 is 0 Å². The highest BCUT2D eigenvalue weighted by Gasteiger charge is 2.13. The average molecular weight is 301 g/mol. The van der Waals surface area contributed by atoms with Crippen molar-refractivity contribution in [3.05, 3.63) is 28.2 Å². The van der Waals surface area contributed by atoms with Crippen LogP contribution in [0.4, 0.5) is 5.69 Å². The van der Waals surface area contributed by atoms with Gasteiger partial charge in [-0.25, -0.2) is 0 Å². The normalized spacial score (nSPS) is 11.2. The summed E-state index contributed by atoms with van der Waals surface area (Å²) in [5, 5.41) is 3.38. The molecule has 0 aliphatic carbocycles. The summed E-state index contributed by atoms with van der Waals surface area (Å²) in [6, 6.07) is 5.90. The molecule has 3 N–H and O–H groups in total. The van der Waals surface area contributed by atoms with Crippen molar-refractivity contribution in [2.45, 2.75) is 20.8 Å². The molecule has 0 atom stereocenters. The Morgan fingerprint density at radius 2 is 2.06 bits per heavy atom. The Morgan fingerprint density at radius 3 is 2.56 bits per heavy atom. The van der Waals surface area contributed by atoms with E-state index in [1.807, 2.05) is 18.2 Å². The molecule has 0 saturated carbocycles. The molecule has 0 radical (unpaired) electrons. The first-order chi connectivity index (χ1) is 7.31. The second-order valence-electron chi connectivity index (χ2n) is 4.94. The molecule has 0 aliphatic heterocycles. The number of hydrogen-bond acceptors (Lipinski definition) is 2. The molecule has 1 rings (SSSR count). The van der Waals surface area contributed by atoms with E-state index in [2.05, 4.69) is 42.0 Å². The van der Waals surface area contributed by atoms with Crippen LogP contribution in [0.25, 0.3) is 0 Å². The van der Waals surface area contributed by atoms with Gasteiger partial charge in [0.15, 0.2) is 0 Å². The number of hydrogen-bond donors (Lipinski definition) is 2. The number of benzene rings is 1. The minimum absolute atomic E-state index is 0.218. The summed E-state index contributed by atoms with van der Waals surface area (Å²) in [5.41, 5.74) is 7.79. The van der Waals surface area contributed by atoms with Gasteiger partial charge < -0.3 is 11.1 Å². The van der Waals surface area contributed by atoms with Crippen molar-refractivity contribution in [3.63, 3.8) is 0 Å². The van der Waals surface area contributed by atoms with Gasteiger partial charge in [0.2, 0.25) is 0 Å². The summed E-state index contributed by atoms with van der Waals surface area (Å²) in [6.07, 6.45) is 0. The molecule has 2 nitrogen and oxygen atoms in total. The van der Waals surface area contributed by atoms with Crippen molar-refractivity contribution in [2.24, 2.45) is 11.1 Å². The molecule has 1 aromatic carbocycles. The Hall–Kier alpha value is -0.610. The Balaban J connectivity index is 2.96. The first-order valence-corrected chi connectivity index (χ1v) is 6.33. The maximum Gasteiger partial charge on any atom is 0.107 e. The summed E-state index contributed by atoms with van der Waals surface area (Å²) < 4.78 is 0.930. The minimum atomic E-state index is 0.218. The van der Waals surface area contributed by atoms with Gasteiger partial charge in [-0.3, -0.25) is 0 Å². The highest BCUT2D eigenvalue weighted by molar-refractivity contribution is 9.10. The van der Waals surface area contributed by atoms with Gasteiger partial charge in [-0.1, -0.05) is 39.1 Å². The van der Waals surface area contributed by atoms with E-state index in [9.17, 15) is 0 Å². The largest absolute Gasteiger partial charge is 0.389 e. The van der Waals surface area contributed by atoms with E-state index in [0.717, 1.165) is 22.3 Å². The van der Waals surface area contributed by atoms with Crippen LogP contribution in [0, 0.1) is 5.41 Å². The van der Waals surface area contributed by atoms with Crippen molar-refractivity contribution < 1.29 is 0 Å². The smallest absolute Gasteiger partial charge is 0.107 e. The van der Waals surface area contributed by atoms with Crippen molar-refractivity contribution in [3.8, 4) is 0 Å². The zero-order valence-corrected chi connectivity index (χ0v) is 12.2. The molecule has 16 heavy (non-hydrogen) atoms. The molecule has 0 bridgehead atoms. The first kappa shape index (κ1) is 13.5. The number of nitrogens with one attached hydrogen (secondary N) is 1. The third-order valence-electron chi connectivity index (χ3n) is 2.07. The Labute approximate surface area is 111 Å². The van der Waals surface area contributed by atoms with Crippen LogP contribution < -0.4 is 11.1 Å². The third kappa shape index (κ3) is 3.76. The average Bonchev–Trinajstić information content (AvgIpc) is 2.12. The summed E-state index contributed by atoms with van der Waals surface area (Å²) in [5.74, 6) is 0. The maximum atomic E-state index is 5.72. The summed E-state index contributed by atoms with van der Waals surface area (Å²) >= 11 is 8.51. The zero-order valence-electron chi connectivity index (χ0n) is 9.80. The van der Waals surface area contributed by atoms with Gasteiger partial charge in [0.25, 0.3) is 0 Å². The van der Waals surface area contributed by atoms with Gasteiger partial charge in [-0.2, -0.15) is 0 Å². The Kier molecular flexibility index (Phi) is 4.33. The topological polar surface area (TPSA) is 38.0 Å². The minimum Gasteiger partial charge on any atom is -0.389 e. The van der Waals surface area contributed by atoms with E-state index in [1.165, 1.54) is 0 Å². The van der Waals surface area contributed by atoms with Crippen LogP contribution >= 0.6 is 28.1 Å². The zero-order chi connectivity index (χ0) is 12.3. The van der Waals surface area contributed by atoms with Crippen molar-refractivity contribution in [2.75, 3.05) is 11.9 Å². The molecule has 0 saturated heterocycles. The SMILES string of the molecule is CC(C)(C)CNc1cccc(Br)c1C(N)=S. The maximum absolute atomic E-state index is 5.72. The monoisotopic (exact) mass is 300 g/mol. The molecule has 0 fully saturated rings. The van der Waals surface area contributed by atoms with Crippen LogP contribution in [0.15, 0.2) is 22.7 Å². The quantitative estimate of drug-likeness (QED) is 0.839. The second kappa shape index (κ2) is 5.15. The molecule has 0 unspecified atom stereocenters. The predicted octanol–water partition coefficient (Wildman–Crippen LogP) is 3.54. The third-order valence-corrected chi connectivity index (χ3v) is 2.93. The Bertz CT molecular complexity index is 396. The molecular formula is C12H17BrN2S. The molecule has 0 aromatic heterocycles. The number of thiocarbonyl (C=S) groups is 1. The van der Waals surface area contributed by atoms with Gasteiger partial charge in [0.05, 0.1) is 0 Å². The molecule has 0 heterocycles. The first-order valence-electron chi connectivity index (χ1n) is 5.13. The molecule has 0 spiro atoms. The number of halogens is 1. The van der Waals surface area contributed by atoms with E-state index in [0.29, 0.717) is 4.99 Å². The standard InChI is InChI=1S/C12H17BrN2S/c1-12(2,3)7-15-9-6-4-5-8(13)10(9)11(14)16/h4-6,15H,7H2,1-3H3,(H2,14,16). The fraction of sp³-hybridized carbons (Fsp3) is 0.417. The van der Waals surface area contributed by atoms with E-state index in [-0.39, 0.29) is 5.41 Å². The van der Waals surface area contributed by atoms with E-state index in [4.69, 9.17) is 18.0 Å². The van der Waals surface area contributed by atoms with Crippen LogP contribution in [0.5, 0.6) is 0 Å². The van der Waals surface area contributed by atoms with Crippen molar-refractivity contribution in [1.29, 1.82) is 0 Å². The van der Waals surface area contributed by atoms with Gasteiger partial charge in [-0.05, 0) is 33.5 Å². The Morgan fingerprint density at radius 1 is 1.44 bits per heavy atom. The van der Waals surface area contributed by atoms with Crippen LogP contribution in [-0.4, -0.2) is 11.5 Å². The molecule has 4 heteroatoms. The number of rotatable bonds is 3. The summed E-state index contributed by atoms with van der Waals surface area (Å²) in [4.78, 5) is 0.406. The molecule has 0 amide bonds. The van der Waals surface area contributed by atoms with Gasteiger partial charge in [0.1, 0.15) is 4.99 Å². The highest BCUT2D eigenvalue weighted by atomic mass is 79.9. The van der Waals surface area contributed by atoms with Crippen LogP contribution in [0.2, 0.25) is 0 Å². The van der Waals surface area contributed by atoms with Gasteiger partial charge in [0, 0.05) is 22.3 Å². The number of anilines is 1. The fourth-order valence-corrected chi connectivity index (χ4v) is 2.21. The predicted molar refractivity (Wildman–Crippen MR) is 78.0 cm³/mol. The lowest BCUT2D eigenvalue weighted by molar-refractivity contribution is 0.443. The molecular weight excluding hydrogens is 284 g/mol. The highest BCUT2D eigenvalue weighted by Crippen LogP contribution is 2.26. The van der Waals surface area contributed by atoms with Gasteiger partial charge >= 0.3 is 0 Å². The summed E-state index contributed by atoms with van der Waals surface area (Å²) in [7, 11) is 0. The fourth-order valence-electron chi connectivity index (χ4n) is 1.28. The molecule has 1 aromatic rings. The molecule has 88 valence electrons. The van der Waals surface area contributed by atoms with Gasteiger partial charge in [-0.15, -0.1) is 0 Å². The van der Waals surface area contributed by atoms with E-state index >= 15 is 0 Å². The van der Waals surface area contributed by atoms with Crippen molar-refractivity contribution in [1.82, 2.24) is 0 Å². The lowest BCUT2D eigenvalue weighted by atomic mass is 9.96. The van der Waals surface area contributed by atoms with Crippen molar-refractivity contribution >= 4 is 38.8 Å². The number of nitrogens with two attached hydrogens (primary N) is 1. The molecule has 0 aliphatic rings. The lowest BCUT2D eigenvalue weighted by Gasteiger charge is -2.21.